The van der Waals surface area contributed by atoms with Crippen LogP contribution in [0, 0.1) is 0 Å². The van der Waals surface area contributed by atoms with E-state index in [0.717, 1.165) is 52.0 Å². The highest BCUT2D eigenvalue weighted by Gasteiger charge is 2.22. The number of hydrogen-bond acceptors (Lipinski definition) is 4. The molecule has 0 aromatic carbocycles. The molecule has 1 unspecified atom stereocenters. The summed E-state index contributed by atoms with van der Waals surface area (Å²) in [4.78, 5) is 16.5. The Balaban J connectivity index is 2.43. The van der Waals surface area contributed by atoms with Crippen molar-refractivity contribution in [2.24, 2.45) is 5.73 Å². The van der Waals surface area contributed by atoms with Crippen molar-refractivity contribution in [2.75, 3.05) is 46.4 Å². The molecule has 0 radical (unpaired) electrons. The maximum absolute atomic E-state index is 12.0. The molecule has 1 amide bonds. The first kappa shape index (κ1) is 16.4. The van der Waals surface area contributed by atoms with Crippen LogP contribution < -0.4 is 5.73 Å². The van der Waals surface area contributed by atoms with E-state index in [9.17, 15) is 4.79 Å². The van der Waals surface area contributed by atoms with Gasteiger partial charge in [0.1, 0.15) is 0 Å². The first-order chi connectivity index (χ1) is 9.22. The number of carbonyl (C=O) groups is 1. The molecule has 1 fully saturated rings. The molecule has 1 aliphatic heterocycles. The third-order valence-corrected chi connectivity index (χ3v) is 3.89. The minimum atomic E-state index is 0.218. The number of carbonyl (C=O) groups excluding carboxylic acids is 1. The van der Waals surface area contributed by atoms with Gasteiger partial charge in [-0.15, -0.1) is 0 Å². The summed E-state index contributed by atoms with van der Waals surface area (Å²) in [5, 5.41) is 0. The van der Waals surface area contributed by atoms with E-state index in [-0.39, 0.29) is 5.91 Å². The summed E-state index contributed by atoms with van der Waals surface area (Å²) in [5.74, 6) is 0.218. The maximum Gasteiger partial charge on any atom is 0.224 e. The SMILES string of the molecule is CCC(CCN)N1CCCN(C(=O)CCOC)CC1. The molecule has 5 heteroatoms. The number of amides is 1. The second kappa shape index (κ2) is 9.28. The van der Waals surface area contributed by atoms with Gasteiger partial charge in [0.25, 0.3) is 0 Å². The van der Waals surface area contributed by atoms with Crippen molar-refractivity contribution >= 4 is 5.91 Å². The molecule has 1 atom stereocenters. The topological polar surface area (TPSA) is 58.8 Å². The third-order valence-electron chi connectivity index (χ3n) is 3.89. The van der Waals surface area contributed by atoms with E-state index in [2.05, 4.69) is 11.8 Å². The molecule has 0 aromatic rings. The van der Waals surface area contributed by atoms with Crippen molar-refractivity contribution in [2.45, 2.75) is 38.6 Å². The van der Waals surface area contributed by atoms with E-state index in [4.69, 9.17) is 10.5 Å². The van der Waals surface area contributed by atoms with Crippen molar-refractivity contribution in [1.82, 2.24) is 9.80 Å². The normalized spacial score (nSPS) is 19.2. The molecule has 0 saturated carbocycles. The van der Waals surface area contributed by atoms with Gasteiger partial charge in [0.15, 0.2) is 0 Å². The molecule has 1 aliphatic rings. The summed E-state index contributed by atoms with van der Waals surface area (Å²) in [6, 6.07) is 0.569. The second-order valence-corrected chi connectivity index (χ2v) is 5.15. The van der Waals surface area contributed by atoms with E-state index in [1.54, 1.807) is 7.11 Å². The predicted molar refractivity (Wildman–Crippen MR) is 77.0 cm³/mol. The van der Waals surface area contributed by atoms with Crippen LogP contribution in [0.1, 0.15) is 32.6 Å². The van der Waals surface area contributed by atoms with Gasteiger partial charge in [0.2, 0.25) is 5.91 Å². The Labute approximate surface area is 117 Å². The van der Waals surface area contributed by atoms with Crippen LogP contribution in [-0.2, 0) is 9.53 Å². The number of methoxy groups -OCH3 is 1. The van der Waals surface area contributed by atoms with E-state index in [0.29, 0.717) is 19.1 Å². The van der Waals surface area contributed by atoms with Crippen LogP contribution in [0.2, 0.25) is 0 Å². The van der Waals surface area contributed by atoms with Gasteiger partial charge in [-0.1, -0.05) is 6.92 Å². The van der Waals surface area contributed by atoms with Crippen LogP contribution in [0.25, 0.3) is 0 Å². The lowest BCUT2D eigenvalue weighted by molar-refractivity contribution is -0.132. The molecule has 19 heavy (non-hydrogen) atoms. The van der Waals surface area contributed by atoms with Gasteiger partial charge < -0.3 is 15.4 Å². The van der Waals surface area contributed by atoms with Crippen molar-refractivity contribution in [1.29, 1.82) is 0 Å². The van der Waals surface area contributed by atoms with E-state index < -0.39 is 0 Å². The quantitative estimate of drug-likeness (QED) is 0.740. The maximum atomic E-state index is 12.0. The Bertz CT molecular complexity index is 261. The molecule has 1 rings (SSSR count). The summed E-state index contributed by atoms with van der Waals surface area (Å²) in [7, 11) is 1.64. The Morgan fingerprint density at radius 2 is 2.11 bits per heavy atom. The van der Waals surface area contributed by atoms with Crippen molar-refractivity contribution in [3.63, 3.8) is 0 Å². The van der Waals surface area contributed by atoms with Crippen molar-refractivity contribution in [3.05, 3.63) is 0 Å². The molecule has 5 nitrogen and oxygen atoms in total. The zero-order valence-corrected chi connectivity index (χ0v) is 12.4. The lowest BCUT2D eigenvalue weighted by Gasteiger charge is -2.29. The molecule has 0 spiro atoms. The number of nitrogens with zero attached hydrogens (tertiary/aromatic N) is 2. The highest BCUT2D eigenvalue weighted by Crippen LogP contribution is 2.13. The van der Waals surface area contributed by atoms with Crippen LogP contribution in [0.4, 0.5) is 0 Å². The molecule has 1 heterocycles. The molecule has 1 saturated heterocycles. The van der Waals surface area contributed by atoms with E-state index in [1.165, 1.54) is 0 Å². The Morgan fingerprint density at radius 3 is 2.74 bits per heavy atom. The minimum Gasteiger partial charge on any atom is -0.384 e. The monoisotopic (exact) mass is 271 g/mol. The smallest absolute Gasteiger partial charge is 0.224 e. The van der Waals surface area contributed by atoms with Crippen LogP contribution in [-0.4, -0.2) is 68.2 Å². The average molecular weight is 271 g/mol. The fourth-order valence-electron chi connectivity index (χ4n) is 2.74. The lowest BCUT2D eigenvalue weighted by Crippen LogP contribution is -2.40. The van der Waals surface area contributed by atoms with Crippen molar-refractivity contribution < 1.29 is 9.53 Å². The van der Waals surface area contributed by atoms with E-state index >= 15 is 0 Å². The van der Waals surface area contributed by atoms with Gasteiger partial charge >= 0.3 is 0 Å². The lowest BCUT2D eigenvalue weighted by atomic mass is 10.1. The number of hydrogen-bond donors (Lipinski definition) is 1. The number of rotatable bonds is 7. The second-order valence-electron chi connectivity index (χ2n) is 5.15. The van der Waals surface area contributed by atoms with Gasteiger partial charge in [-0.25, -0.2) is 0 Å². The Hall–Kier alpha value is -0.650. The molecule has 112 valence electrons. The van der Waals surface area contributed by atoms with Crippen LogP contribution >= 0.6 is 0 Å². The first-order valence-corrected chi connectivity index (χ1v) is 7.43. The summed E-state index contributed by atoms with van der Waals surface area (Å²) in [5.41, 5.74) is 5.68. The zero-order chi connectivity index (χ0) is 14.1. The van der Waals surface area contributed by atoms with Gasteiger partial charge in [-0.3, -0.25) is 9.69 Å². The average Bonchev–Trinajstić information content (AvgIpc) is 2.68. The molecule has 0 aromatic heterocycles. The molecule has 0 bridgehead atoms. The third kappa shape index (κ3) is 5.47. The van der Waals surface area contributed by atoms with Crippen molar-refractivity contribution in [3.8, 4) is 0 Å². The summed E-state index contributed by atoms with van der Waals surface area (Å²) in [6.07, 6.45) is 3.74. The molecule has 0 aliphatic carbocycles. The first-order valence-electron chi connectivity index (χ1n) is 7.43. The summed E-state index contributed by atoms with van der Waals surface area (Å²) in [6.45, 7) is 7.23. The number of ether oxygens (including phenoxy) is 1. The fourth-order valence-corrected chi connectivity index (χ4v) is 2.74. The Morgan fingerprint density at radius 1 is 1.32 bits per heavy atom. The van der Waals surface area contributed by atoms with Gasteiger partial charge in [0.05, 0.1) is 13.0 Å². The van der Waals surface area contributed by atoms with Gasteiger partial charge in [-0.2, -0.15) is 0 Å². The van der Waals surface area contributed by atoms with Gasteiger partial charge in [0, 0.05) is 39.3 Å². The summed E-state index contributed by atoms with van der Waals surface area (Å²) < 4.78 is 4.97. The van der Waals surface area contributed by atoms with E-state index in [1.807, 2.05) is 4.90 Å². The van der Waals surface area contributed by atoms with Crippen LogP contribution in [0.15, 0.2) is 0 Å². The highest BCUT2D eigenvalue weighted by atomic mass is 16.5. The molecular formula is C14H29N3O2. The Kier molecular flexibility index (Phi) is 8.02. The highest BCUT2D eigenvalue weighted by molar-refractivity contribution is 5.76. The number of nitrogens with two attached hydrogens (primary N) is 1. The van der Waals surface area contributed by atoms with Gasteiger partial charge in [-0.05, 0) is 25.8 Å². The molecular weight excluding hydrogens is 242 g/mol. The van der Waals surface area contributed by atoms with Crippen LogP contribution in [0.3, 0.4) is 0 Å². The van der Waals surface area contributed by atoms with Crippen LogP contribution in [0.5, 0.6) is 0 Å². The minimum absolute atomic E-state index is 0.218. The predicted octanol–water partition coefficient (Wildman–Crippen LogP) is 0.685. The largest absolute Gasteiger partial charge is 0.384 e. The molecule has 2 N–H and O–H groups in total. The fraction of sp³-hybridized carbons (Fsp3) is 0.929. The summed E-state index contributed by atoms with van der Waals surface area (Å²) >= 11 is 0. The zero-order valence-electron chi connectivity index (χ0n) is 12.4. The standard InChI is InChI=1S/C14H29N3O2/c1-3-13(5-7-15)16-8-4-9-17(11-10-16)14(18)6-12-19-2/h13H,3-12,15H2,1-2H3.